The van der Waals surface area contributed by atoms with Crippen LogP contribution in [-0.4, -0.2) is 7.11 Å². The maximum absolute atomic E-state index is 5.31. The quantitative estimate of drug-likeness (QED) is 0.705. The number of allylic oxidation sites excluding steroid dienone is 4. The number of hydrogen-bond acceptors (Lipinski definition) is 1. The van der Waals surface area contributed by atoms with Gasteiger partial charge in [-0.3, -0.25) is 0 Å². The second-order valence-corrected chi connectivity index (χ2v) is 3.45. The molecule has 0 atom stereocenters. The highest BCUT2D eigenvalue weighted by molar-refractivity contribution is 5.35. The molecule has 0 fully saturated rings. The second kappa shape index (κ2) is 4.14. The van der Waals surface area contributed by atoms with Crippen LogP contribution in [-0.2, 0) is 6.42 Å². The first-order chi connectivity index (χ1) is 6.90. The van der Waals surface area contributed by atoms with Gasteiger partial charge in [0.25, 0.3) is 0 Å². The van der Waals surface area contributed by atoms with E-state index in [9.17, 15) is 0 Å². The van der Waals surface area contributed by atoms with Crippen molar-refractivity contribution in [3.63, 3.8) is 0 Å². The fourth-order valence-corrected chi connectivity index (χ4v) is 1.74. The van der Waals surface area contributed by atoms with Gasteiger partial charge in [0, 0.05) is 0 Å². The van der Waals surface area contributed by atoms with E-state index in [0.29, 0.717) is 5.92 Å². The van der Waals surface area contributed by atoms with Gasteiger partial charge in [-0.05, 0) is 24.0 Å². The highest BCUT2D eigenvalue weighted by Gasteiger charge is 2.08. The van der Waals surface area contributed by atoms with Crippen molar-refractivity contribution in [3.05, 3.63) is 54.1 Å². The number of benzene rings is 1. The lowest BCUT2D eigenvalue weighted by Crippen LogP contribution is -1.98. The molecule has 1 aromatic rings. The third-order valence-corrected chi connectivity index (χ3v) is 2.48. The Bertz CT molecular complexity index is 351. The Hall–Kier alpha value is -1.50. The summed E-state index contributed by atoms with van der Waals surface area (Å²) in [5.74, 6) is 1.52. The van der Waals surface area contributed by atoms with Crippen LogP contribution >= 0.6 is 0 Å². The standard InChI is InChI=1S/C13H14O/c1-14-13-9-5-4-8-12(13)10-11-6-2-3-7-11/h2-9,11H,10H2,1H3. The lowest BCUT2D eigenvalue weighted by atomic mass is 10.0. The van der Waals surface area contributed by atoms with Gasteiger partial charge in [-0.2, -0.15) is 0 Å². The van der Waals surface area contributed by atoms with E-state index in [0.717, 1.165) is 12.2 Å². The zero-order valence-corrected chi connectivity index (χ0v) is 8.31. The molecule has 0 saturated heterocycles. The molecule has 1 heteroatoms. The molecule has 0 heterocycles. The highest BCUT2D eigenvalue weighted by atomic mass is 16.5. The Morgan fingerprint density at radius 2 is 1.86 bits per heavy atom. The van der Waals surface area contributed by atoms with Crippen molar-refractivity contribution in [1.82, 2.24) is 0 Å². The van der Waals surface area contributed by atoms with Gasteiger partial charge in [0.15, 0.2) is 0 Å². The fraction of sp³-hybridized carbons (Fsp3) is 0.231. The Labute approximate surface area is 84.7 Å². The van der Waals surface area contributed by atoms with Gasteiger partial charge in [0.2, 0.25) is 0 Å². The van der Waals surface area contributed by atoms with Crippen molar-refractivity contribution in [1.29, 1.82) is 0 Å². The number of ether oxygens (including phenoxy) is 1. The van der Waals surface area contributed by atoms with E-state index in [-0.39, 0.29) is 0 Å². The van der Waals surface area contributed by atoms with Crippen LogP contribution in [0.25, 0.3) is 0 Å². The van der Waals surface area contributed by atoms with E-state index < -0.39 is 0 Å². The van der Waals surface area contributed by atoms with Gasteiger partial charge >= 0.3 is 0 Å². The third-order valence-electron chi connectivity index (χ3n) is 2.48. The van der Waals surface area contributed by atoms with Gasteiger partial charge in [-0.25, -0.2) is 0 Å². The molecule has 0 aliphatic heterocycles. The molecule has 0 saturated carbocycles. The summed E-state index contributed by atoms with van der Waals surface area (Å²) in [5.41, 5.74) is 1.27. The van der Waals surface area contributed by atoms with E-state index in [1.54, 1.807) is 7.11 Å². The number of hydrogen-bond donors (Lipinski definition) is 0. The molecule has 2 rings (SSSR count). The summed E-state index contributed by atoms with van der Waals surface area (Å²) in [7, 11) is 1.72. The Kier molecular flexibility index (Phi) is 2.68. The molecule has 0 amide bonds. The van der Waals surface area contributed by atoms with Crippen LogP contribution in [0.3, 0.4) is 0 Å². The number of rotatable bonds is 3. The van der Waals surface area contributed by atoms with E-state index in [1.807, 2.05) is 12.1 Å². The molecule has 1 aliphatic rings. The van der Waals surface area contributed by atoms with E-state index in [1.165, 1.54) is 5.56 Å². The van der Waals surface area contributed by atoms with Gasteiger partial charge in [0.05, 0.1) is 7.11 Å². The zero-order valence-electron chi connectivity index (χ0n) is 8.31. The van der Waals surface area contributed by atoms with Gasteiger partial charge in [-0.1, -0.05) is 42.5 Å². The van der Waals surface area contributed by atoms with Crippen molar-refractivity contribution >= 4 is 0 Å². The predicted molar refractivity (Wildman–Crippen MR) is 58.5 cm³/mol. The molecule has 0 radical (unpaired) electrons. The van der Waals surface area contributed by atoms with Crippen LogP contribution < -0.4 is 4.74 Å². The molecule has 0 unspecified atom stereocenters. The molecule has 0 aromatic heterocycles. The summed E-state index contributed by atoms with van der Waals surface area (Å²) in [5, 5.41) is 0. The predicted octanol–water partition coefficient (Wildman–Crippen LogP) is 2.98. The summed E-state index contributed by atoms with van der Waals surface area (Å²) in [6, 6.07) is 8.19. The topological polar surface area (TPSA) is 9.23 Å². The average Bonchev–Trinajstić information content (AvgIpc) is 2.71. The van der Waals surface area contributed by atoms with Crippen LogP contribution in [0.15, 0.2) is 48.6 Å². The monoisotopic (exact) mass is 186 g/mol. The van der Waals surface area contributed by atoms with Crippen LogP contribution in [0.4, 0.5) is 0 Å². The zero-order chi connectivity index (χ0) is 9.80. The Morgan fingerprint density at radius 3 is 2.57 bits per heavy atom. The first kappa shape index (κ1) is 9.07. The van der Waals surface area contributed by atoms with Crippen LogP contribution in [0, 0.1) is 5.92 Å². The summed E-state index contributed by atoms with van der Waals surface area (Å²) in [6.45, 7) is 0. The van der Waals surface area contributed by atoms with Crippen molar-refractivity contribution in [2.75, 3.05) is 7.11 Å². The molecule has 0 spiro atoms. The minimum absolute atomic E-state index is 0.534. The lowest BCUT2D eigenvalue weighted by Gasteiger charge is -2.10. The van der Waals surface area contributed by atoms with E-state index in [2.05, 4.69) is 36.4 Å². The molecule has 1 aliphatic carbocycles. The molecular formula is C13H14O. The molecule has 0 N–H and O–H groups in total. The first-order valence-electron chi connectivity index (χ1n) is 4.87. The van der Waals surface area contributed by atoms with Crippen LogP contribution in [0.5, 0.6) is 5.75 Å². The molecule has 1 nitrogen and oxygen atoms in total. The maximum atomic E-state index is 5.31. The number of methoxy groups -OCH3 is 1. The van der Waals surface area contributed by atoms with Crippen LogP contribution in [0.2, 0.25) is 0 Å². The smallest absolute Gasteiger partial charge is 0.122 e. The van der Waals surface area contributed by atoms with Crippen LogP contribution in [0.1, 0.15) is 5.56 Å². The van der Waals surface area contributed by atoms with E-state index >= 15 is 0 Å². The Morgan fingerprint density at radius 1 is 1.14 bits per heavy atom. The molecule has 0 bridgehead atoms. The molecule has 1 aromatic carbocycles. The van der Waals surface area contributed by atoms with Crippen molar-refractivity contribution < 1.29 is 4.74 Å². The normalized spacial score (nSPS) is 14.9. The van der Waals surface area contributed by atoms with Crippen molar-refractivity contribution in [2.24, 2.45) is 5.92 Å². The highest BCUT2D eigenvalue weighted by Crippen LogP contribution is 2.23. The van der Waals surface area contributed by atoms with Crippen molar-refractivity contribution in [3.8, 4) is 5.75 Å². The minimum Gasteiger partial charge on any atom is -0.496 e. The van der Waals surface area contributed by atoms with Crippen molar-refractivity contribution in [2.45, 2.75) is 6.42 Å². The lowest BCUT2D eigenvalue weighted by molar-refractivity contribution is 0.408. The summed E-state index contributed by atoms with van der Waals surface area (Å²) < 4.78 is 5.31. The van der Waals surface area contributed by atoms with E-state index in [4.69, 9.17) is 4.74 Å². The number of para-hydroxylation sites is 1. The summed E-state index contributed by atoms with van der Waals surface area (Å²) >= 11 is 0. The first-order valence-corrected chi connectivity index (χ1v) is 4.87. The maximum Gasteiger partial charge on any atom is 0.122 e. The fourth-order valence-electron chi connectivity index (χ4n) is 1.74. The molecular weight excluding hydrogens is 172 g/mol. The van der Waals surface area contributed by atoms with Gasteiger partial charge < -0.3 is 4.74 Å². The largest absolute Gasteiger partial charge is 0.496 e. The summed E-state index contributed by atoms with van der Waals surface area (Å²) in [6.07, 6.45) is 9.65. The molecule has 14 heavy (non-hydrogen) atoms. The Balaban J connectivity index is 2.15. The average molecular weight is 186 g/mol. The minimum atomic E-state index is 0.534. The van der Waals surface area contributed by atoms with Gasteiger partial charge in [-0.15, -0.1) is 0 Å². The molecule has 72 valence electrons. The summed E-state index contributed by atoms with van der Waals surface area (Å²) in [4.78, 5) is 0. The third kappa shape index (κ3) is 1.87. The second-order valence-electron chi connectivity index (χ2n) is 3.45. The van der Waals surface area contributed by atoms with Gasteiger partial charge in [0.1, 0.15) is 5.75 Å². The SMILES string of the molecule is COc1ccccc1CC1C=CC=C1.